The Hall–Kier alpha value is -1.31. The Kier molecular flexibility index (Phi) is 4.05. The molecule has 0 fully saturated rings. The van der Waals surface area contributed by atoms with Gasteiger partial charge in [-0.1, -0.05) is 11.6 Å². The Labute approximate surface area is 117 Å². The number of nitrogens with one attached hydrogen (secondary N) is 1. The third-order valence-electron chi connectivity index (χ3n) is 2.17. The standard InChI is InChI=1S/C10H8ClN3O2S2/c11-10-13-5-7(18-10)4-12-8-2-1-6(14(15)16)3-9(8)17/h1-3,5,12,17H,4H2. The first kappa shape index (κ1) is 13.1. The lowest BCUT2D eigenvalue weighted by atomic mass is 10.3. The molecule has 0 bridgehead atoms. The van der Waals surface area contributed by atoms with E-state index in [1.165, 1.54) is 23.5 Å². The van der Waals surface area contributed by atoms with E-state index in [9.17, 15) is 10.1 Å². The lowest BCUT2D eigenvalue weighted by Gasteiger charge is -2.07. The highest BCUT2D eigenvalue weighted by Gasteiger charge is 2.08. The van der Waals surface area contributed by atoms with Crippen LogP contribution in [0, 0.1) is 10.1 Å². The molecular formula is C10H8ClN3O2S2. The molecule has 5 nitrogen and oxygen atoms in total. The SMILES string of the molecule is O=[N+]([O-])c1ccc(NCc2cnc(Cl)s2)c(S)c1. The maximum atomic E-state index is 10.6. The summed E-state index contributed by atoms with van der Waals surface area (Å²) >= 11 is 11.3. The Morgan fingerprint density at radius 1 is 1.56 bits per heavy atom. The van der Waals surface area contributed by atoms with Gasteiger partial charge in [-0.05, 0) is 6.07 Å². The Morgan fingerprint density at radius 2 is 2.33 bits per heavy atom. The third kappa shape index (κ3) is 3.12. The minimum Gasteiger partial charge on any atom is -0.379 e. The normalized spacial score (nSPS) is 10.3. The molecule has 8 heteroatoms. The second-order valence-electron chi connectivity index (χ2n) is 3.39. The molecule has 0 saturated heterocycles. The molecule has 0 radical (unpaired) electrons. The van der Waals surface area contributed by atoms with Crippen LogP contribution in [0.2, 0.25) is 4.47 Å². The van der Waals surface area contributed by atoms with Crippen LogP contribution in [-0.4, -0.2) is 9.91 Å². The van der Waals surface area contributed by atoms with Crippen molar-refractivity contribution in [3.05, 3.63) is 43.9 Å². The molecular weight excluding hydrogens is 294 g/mol. The molecule has 18 heavy (non-hydrogen) atoms. The maximum Gasteiger partial charge on any atom is 0.270 e. The summed E-state index contributed by atoms with van der Waals surface area (Å²) < 4.78 is 0.488. The molecule has 0 spiro atoms. The number of hydrogen-bond donors (Lipinski definition) is 2. The van der Waals surface area contributed by atoms with Gasteiger partial charge in [-0.2, -0.15) is 0 Å². The number of halogens is 1. The molecule has 1 aromatic heterocycles. The average Bonchev–Trinajstić information content (AvgIpc) is 2.73. The summed E-state index contributed by atoms with van der Waals surface area (Å²) in [5.41, 5.74) is 0.750. The topological polar surface area (TPSA) is 68.1 Å². The summed E-state index contributed by atoms with van der Waals surface area (Å²) in [5.74, 6) is 0. The zero-order chi connectivity index (χ0) is 13.1. The largest absolute Gasteiger partial charge is 0.379 e. The van der Waals surface area contributed by atoms with Gasteiger partial charge >= 0.3 is 0 Å². The Bertz CT molecular complexity index is 588. The predicted molar refractivity (Wildman–Crippen MR) is 74.8 cm³/mol. The fourth-order valence-corrected chi connectivity index (χ4v) is 2.53. The van der Waals surface area contributed by atoms with Crippen LogP contribution < -0.4 is 5.32 Å². The number of nitrogens with zero attached hydrogens (tertiary/aromatic N) is 2. The van der Waals surface area contributed by atoms with Crippen LogP contribution in [0.1, 0.15) is 4.88 Å². The van der Waals surface area contributed by atoms with Gasteiger partial charge in [0, 0.05) is 33.8 Å². The summed E-state index contributed by atoms with van der Waals surface area (Å²) in [6.45, 7) is 0.551. The van der Waals surface area contributed by atoms with Crippen LogP contribution in [0.15, 0.2) is 29.3 Å². The van der Waals surface area contributed by atoms with Gasteiger partial charge in [0.05, 0.1) is 11.5 Å². The molecule has 0 unspecified atom stereocenters. The Balaban J connectivity index is 2.08. The van der Waals surface area contributed by atoms with E-state index in [0.717, 1.165) is 10.6 Å². The zero-order valence-corrected chi connectivity index (χ0v) is 11.4. The molecule has 0 amide bonds. The second-order valence-corrected chi connectivity index (χ2v) is 5.57. The Morgan fingerprint density at radius 3 is 2.89 bits per heavy atom. The van der Waals surface area contributed by atoms with Crippen molar-refractivity contribution in [1.29, 1.82) is 0 Å². The molecule has 1 aromatic carbocycles. The summed E-state index contributed by atoms with van der Waals surface area (Å²) in [5, 5.41) is 13.7. The van der Waals surface area contributed by atoms with E-state index in [2.05, 4.69) is 22.9 Å². The summed E-state index contributed by atoms with van der Waals surface area (Å²) in [6.07, 6.45) is 1.68. The van der Waals surface area contributed by atoms with Crippen molar-refractivity contribution >= 4 is 46.9 Å². The number of thiol groups is 1. The van der Waals surface area contributed by atoms with E-state index in [4.69, 9.17) is 11.6 Å². The molecule has 0 saturated carbocycles. The molecule has 1 N–H and O–H groups in total. The number of hydrogen-bond acceptors (Lipinski definition) is 6. The maximum absolute atomic E-state index is 10.6. The van der Waals surface area contributed by atoms with Crippen LogP contribution in [-0.2, 0) is 6.54 Å². The molecule has 0 atom stereocenters. The van der Waals surface area contributed by atoms with Gasteiger partial charge in [0.15, 0.2) is 4.47 Å². The number of nitro groups is 1. The minimum atomic E-state index is -0.452. The number of benzene rings is 1. The van der Waals surface area contributed by atoms with E-state index in [-0.39, 0.29) is 5.69 Å². The quantitative estimate of drug-likeness (QED) is 0.514. The smallest absolute Gasteiger partial charge is 0.270 e. The highest BCUT2D eigenvalue weighted by atomic mass is 35.5. The van der Waals surface area contributed by atoms with E-state index in [1.54, 1.807) is 12.3 Å². The molecule has 2 aromatic rings. The van der Waals surface area contributed by atoms with Gasteiger partial charge in [-0.25, -0.2) is 4.98 Å². The molecule has 1 heterocycles. The van der Waals surface area contributed by atoms with Gasteiger partial charge in [0.25, 0.3) is 5.69 Å². The fourth-order valence-electron chi connectivity index (χ4n) is 1.33. The summed E-state index contributed by atoms with van der Waals surface area (Å²) in [7, 11) is 0. The highest BCUT2D eigenvalue weighted by Crippen LogP contribution is 2.26. The monoisotopic (exact) mass is 301 g/mol. The van der Waals surface area contributed by atoms with Crippen molar-refractivity contribution in [1.82, 2.24) is 4.98 Å². The van der Waals surface area contributed by atoms with E-state index < -0.39 is 4.92 Å². The van der Waals surface area contributed by atoms with Crippen molar-refractivity contribution in [2.24, 2.45) is 0 Å². The van der Waals surface area contributed by atoms with Gasteiger partial charge in [0.1, 0.15) is 0 Å². The first-order chi connectivity index (χ1) is 8.56. The number of rotatable bonds is 4. The summed E-state index contributed by atoms with van der Waals surface area (Å²) in [4.78, 5) is 15.6. The highest BCUT2D eigenvalue weighted by molar-refractivity contribution is 7.80. The minimum absolute atomic E-state index is 0.0198. The summed E-state index contributed by atoms with van der Waals surface area (Å²) in [6, 6.07) is 4.47. The molecule has 2 rings (SSSR count). The van der Waals surface area contributed by atoms with Gasteiger partial charge in [0.2, 0.25) is 0 Å². The number of anilines is 1. The predicted octanol–water partition coefficient (Wildman–Crippen LogP) is 3.61. The van der Waals surface area contributed by atoms with Gasteiger partial charge in [-0.15, -0.1) is 24.0 Å². The third-order valence-corrected chi connectivity index (χ3v) is 3.66. The molecule has 94 valence electrons. The van der Waals surface area contributed by atoms with E-state index in [1.807, 2.05) is 0 Å². The first-order valence-electron chi connectivity index (χ1n) is 4.88. The van der Waals surface area contributed by atoms with Crippen LogP contribution in [0.25, 0.3) is 0 Å². The number of aromatic nitrogens is 1. The van der Waals surface area contributed by atoms with Crippen molar-refractivity contribution in [2.75, 3.05) is 5.32 Å². The van der Waals surface area contributed by atoms with Gasteiger partial charge < -0.3 is 5.32 Å². The van der Waals surface area contributed by atoms with Crippen LogP contribution in [0.5, 0.6) is 0 Å². The fraction of sp³-hybridized carbons (Fsp3) is 0.100. The first-order valence-corrected chi connectivity index (χ1v) is 6.52. The number of thiazole rings is 1. The van der Waals surface area contributed by atoms with Crippen molar-refractivity contribution in [2.45, 2.75) is 11.4 Å². The van der Waals surface area contributed by atoms with Gasteiger partial charge in [-0.3, -0.25) is 10.1 Å². The van der Waals surface area contributed by atoms with E-state index >= 15 is 0 Å². The lowest BCUT2D eigenvalue weighted by Crippen LogP contribution is -1.99. The molecule has 0 aliphatic rings. The van der Waals surface area contributed by atoms with E-state index in [0.29, 0.717) is 15.9 Å². The number of nitro benzene ring substituents is 1. The number of non-ortho nitro benzene ring substituents is 1. The average molecular weight is 302 g/mol. The van der Waals surface area contributed by atoms with Crippen LogP contribution in [0.3, 0.4) is 0 Å². The lowest BCUT2D eigenvalue weighted by molar-refractivity contribution is -0.385. The van der Waals surface area contributed by atoms with Crippen LogP contribution >= 0.6 is 35.6 Å². The molecule has 0 aliphatic carbocycles. The zero-order valence-electron chi connectivity index (χ0n) is 8.96. The van der Waals surface area contributed by atoms with Crippen molar-refractivity contribution < 1.29 is 4.92 Å². The van der Waals surface area contributed by atoms with Crippen molar-refractivity contribution in [3.63, 3.8) is 0 Å². The van der Waals surface area contributed by atoms with Crippen molar-refractivity contribution in [3.8, 4) is 0 Å². The second kappa shape index (κ2) is 5.55. The molecule has 0 aliphatic heterocycles. The van der Waals surface area contributed by atoms with Crippen LogP contribution in [0.4, 0.5) is 11.4 Å².